The van der Waals surface area contributed by atoms with E-state index in [9.17, 15) is 0 Å². The van der Waals surface area contributed by atoms with Crippen molar-refractivity contribution in [3.05, 3.63) is 23.8 Å². The first-order valence-electron chi connectivity index (χ1n) is 4.16. The van der Waals surface area contributed by atoms with Crippen molar-refractivity contribution < 1.29 is 0 Å². The van der Waals surface area contributed by atoms with Gasteiger partial charge in [-0.3, -0.25) is 5.43 Å². The van der Waals surface area contributed by atoms with Gasteiger partial charge >= 0.3 is 0 Å². The van der Waals surface area contributed by atoms with Crippen molar-refractivity contribution in [3.63, 3.8) is 0 Å². The van der Waals surface area contributed by atoms with Crippen molar-refractivity contribution in [2.24, 2.45) is 5.92 Å². The van der Waals surface area contributed by atoms with Crippen LogP contribution in [0.4, 0.5) is 0 Å². The molecule has 1 saturated heterocycles. The van der Waals surface area contributed by atoms with Gasteiger partial charge in [-0.25, -0.2) is 5.01 Å². The van der Waals surface area contributed by atoms with Crippen molar-refractivity contribution in [1.29, 1.82) is 0 Å². The van der Waals surface area contributed by atoms with Gasteiger partial charge < -0.3 is 0 Å². The minimum atomic E-state index is 0.760. The molecule has 1 N–H and O–H groups in total. The van der Waals surface area contributed by atoms with E-state index in [4.69, 9.17) is 0 Å². The maximum absolute atomic E-state index is 3.34. The summed E-state index contributed by atoms with van der Waals surface area (Å²) in [6.07, 6.45) is 7.89. The van der Waals surface area contributed by atoms with Crippen LogP contribution in [0, 0.1) is 5.92 Å². The Labute approximate surface area is 67.5 Å². The van der Waals surface area contributed by atoms with Crippen LogP contribution in [0.3, 0.4) is 0 Å². The number of hydrogen-bond donors (Lipinski definition) is 1. The largest absolute Gasteiger partial charge is 0.255 e. The maximum Gasteiger partial charge on any atom is 0.0344 e. The highest BCUT2D eigenvalue weighted by Crippen LogP contribution is 2.22. The Morgan fingerprint density at radius 3 is 3.45 bits per heavy atom. The summed E-state index contributed by atoms with van der Waals surface area (Å²) in [6, 6.07) is 0. The molecule has 1 aliphatic heterocycles. The predicted molar refractivity (Wildman–Crippen MR) is 46.0 cm³/mol. The zero-order chi connectivity index (χ0) is 7.68. The lowest BCUT2D eigenvalue weighted by molar-refractivity contribution is 0.198. The Hall–Kier alpha value is -0.600. The SMILES string of the molecule is CN1CC2=CC=CCC2CN1. The molecule has 0 radical (unpaired) electrons. The van der Waals surface area contributed by atoms with E-state index in [0.29, 0.717) is 0 Å². The van der Waals surface area contributed by atoms with E-state index < -0.39 is 0 Å². The molecule has 2 aliphatic rings. The zero-order valence-electron chi connectivity index (χ0n) is 6.88. The second kappa shape index (κ2) is 2.80. The molecule has 1 fully saturated rings. The standard InChI is InChI=1S/C9H14N2/c1-11-7-9-5-3-2-4-8(9)6-10-11/h2-3,5,8,10H,4,6-7H2,1H3. The van der Waals surface area contributed by atoms with Crippen molar-refractivity contribution >= 4 is 0 Å². The van der Waals surface area contributed by atoms with Crippen LogP contribution in [0.5, 0.6) is 0 Å². The summed E-state index contributed by atoms with van der Waals surface area (Å²) >= 11 is 0. The van der Waals surface area contributed by atoms with E-state index >= 15 is 0 Å². The lowest BCUT2D eigenvalue weighted by atomic mass is 9.90. The third kappa shape index (κ3) is 1.37. The molecule has 0 bridgehead atoms. The Balaban J connectivity index is 2.12. The number of likely N-dealkylation sites (N-methyl/N-ethyl adjacent to an activating group) is 1. The smallest absolute Gasteiger partial charge is 0.0344 e. The molecular formula is C9H14N2. The summed E-state index contributed by atoms with van der Waals surface area (Å²) in [5.41, 5.74) is 4.92. The minimum absolute atomic E-state index is 0.760. The van der Waals surface area contributed by atoms with Crippen molar-refractivity contribution in [3.8, 4) is 0 Å². The van der Waals surface area contributed by atoms with Crippen LogP contribution in [0.15, 0.2) is 23.8 Å². The maximum atomic E-state index is 3.34. The van der Waals surface area contributed by atoms with Crippen molar-refractivity contribution in [1.82, 2.24) is 10.4 Å². The van der Waals surface area contributed by atoms with Gasteiger partial charge in [0.2, 0.25) is 0 Å². The van der Waals surface area contributed by atoms with Gasteiger partial charge in [-0.1, -0.05) is 23.8 Å². The molecule has 2 heteroatoms. The van der Waals surface area contributed by atoms with Gasteiger partial charge in [0.05, 0.1) is 0 Å². The van der Waals surface area contributed by atoms with Gasteiger partial charge in [0, 0.05) is 20.1 Å². The Bertz CT molecular complexity index is 206. The quantitative estimate of drug-likeness (QED) is 0.553. The number of allylic oxidation sites excluding steroid dienone is 3. The highest BCUT2D eigenvalue weighted by atomic mass is 15.5. The number of hydrazine groups is 1. The van der Waals surface area contributed by atoms with E-state index in [1.165, 1.54) is 6.42 Å². The summed E-state index contributed by atoms with van der Waals surface area (Å²) < 4.78 is 0. The molecule has 60 valence electrons. The predicted octanol–water partition coefficient (Wildman–Crippen LogP) is 0.939. The molecule has 11 heavy (non-hydrogen) atoms. The van der Waals surface area contributed by atoms with E-state index in [-0.39, 0.29) is 0 Å². The normalized spacial score (nSPS) is 31.4. The van der Waals surface area contributed by atoms with E-state index in [1.54, 1.807) is 5.57 Å². The third-order valence-electron chi connectivity index (χ3n) is 2.42. The van der Waals surface area contributed by atoms with Crippen molar-refractivity contribution in [2.45, 2.75) is 6.42 Å². The molecule has 0 saturated carbocycles. The summed E-state index contributed by atoms with van der Waals surface area (Å²) in [5, 5.41) is 2.15. The molecule has 2 rings (SSSR count). The fraction of sp³-hybridized carbons (Fsp3) is 0.556. The van der Waals surface area contributed by atoms with Gasteiger partial charge in [0.25, 0.3) is 0 Å². The van der Waals surface area contributed by atoms with Crippen LogP contribution in [0.2, 0.25) is 0 Å². The second-order valence-corrected chi connectivity index (χ2v) is 3.32. The number of fused-ring (bicyclic) bond motifs is 1. The molecular weight excluding hydrogens is 136 g/mol. The molecule has 0 aromatic heterocycles. The van der Waals surface area contributed by atoms with Crippen LogP contribution in [0.1, 0.15) is 6.42 Å². The molecule has 1 atom stereocenters. The number of nitrogens with zero attached hydrogens (tertiary/aromatic N) is 1. The average molecular weight is 150 g/mol. The molecule has 1 heterocycles. The zero-order valence-corrected chi connectivity index (χ0v) is 6.88. The van der Waals surface area contributed by atoms with E-state index in [2.05, 4.69) is 35.7 Å². The van der Waals surface area contributed by atoms with Crippen LogP contribution >= 0.6 is 0 Å². The number of hydrogen-bond acceptors (Lipinski definition) is 2. The molecule has 0 aromatic rings. The van der Waals surface area contributed by atoms with Gasteiger partial charge in [0.1, 0.15) is 0 Å². The van der Waals surface area contributed by atoms with Gasteiger partial charge in [-0.15, -0.1) is 0 Å². The van der Waals surface area contributed by atoms with E-state index in [0.717, 1.165) is 19.0 Å². The lowest BCUT2D eigenvalue weighted by Gasteiger charge is -2.33. The van der Waals surface area contributed by atoms with Gasteiger partial charge in [0.15, 0.2) is 0 Å². The minimum Gasteiger partial charge on any atom is -0.255 e. The monoisotopic (exact) mass is 150 g/mol. The first-order valence-corrected chi connectivity index (χ1v) is 4.16. The topological polar surface area (TPSA) is 15.3 Å². The Kier molecular flexibility index (Phi) is 1.80. The molecule has 0 spiro atoms. The molecule has 0 amide bonds. The Morgan fingerprint density at radius 2 is 2.55 bits per heavy atom. The van der Waals surface area contributed by atoms with Crippen LogP contribution in [-0.2, 0) is 0 Å². The molecule has 2 nitrogen and oxygen atoms in total. The summed E-state index contributed by atoms with van der Waals surface area (Å²) in [5.74, 6) is 0.760. The fourth-order valence-corrected chi connectivity index (χ4v) is 1.71. The van der Waals surface area contributed by atoms with E-state index in [1.807, 2.05) is 0 Å². The first-order chi connectivity index (χ1) is 5.36. The van der Waals surface area contributed by atoms with Crippen molar-refractivity contribution in [2.75, 3.05) is 20.1 Å². The highest BCUT2D eigenvalue weighted by Gasteiger charge is 2.20. The second-order valence-electron chi connectivity index (χ2n) is 3.32. The van der Waals surface area contributed by atoms with Crippen LogP contribution < -0.4 is 5.43 Å². The lowest BCUT2D eigenvalue weighted by Crippen LogP contribution is -2.45. The summed E-state index contributed by atoms with van der Waals surface area (Å²) in [6.45, 7) is 2.18. The summed E-state index contributed by atoms with van der Waals surface area (Å²) in [4.78, 5) is 0. The Morgan fingerprint density at radius 1 is 1.64 bits per heavy atom. The molecule has 1 aliphatic carbocycles. The average Bonchev–Trinajstić information content (AvgIpc) is 2.04. The van der Waals surface area contributed by atoms with Gasteiger partial charge in [-0.05, 0) is 12.3 Å². The third-order valence-corrected chi connectivity index (χ3v) is 2.42. The molecule has 0 aromatic carbocycles. The number of rotatable bonds is 0. The highest BCUT2D eigenvalue weighted by molar-refractivity contribution is 5.23. The van der Waals surface area contributed by atoms with Crippen LogP contribution in [-0.4, -0.2) is 25.1 Å². The number of nitrogens with one attached hydrogen (secondary N) is 1. The fourth-order valence-electron chi connectivity index (χ4n) is 1.71. The van der Waals surface area contributed by atoms with Crippen LogP contribution in [0.25, 0.3) is 0 Å². The molecule has 1 unspecified atom stereocenters. The summed E-state index contributed by atoms with van der Waals surface area (Å²) in [7, 11) is 2.09. The van der Waals surface area contributed by atoms with Gasteiger partial charge in [-0.2, -0.15) is 0 Å². The first kappa shape index (κ1) is 7.07.